The third-order valence-electron chi connectivity index (χ3n) is 4.26. The Kier molecular flexibility index (Phi) is 4.22. The summed E-state index contributed by atoms with van der Waals surface area (Å²) in [4.78, 5) is 12.2. The summed E-state index contributed by atoms with van der Waals surface area (Å²) in [5.41, 5.74) is 2.66. The smallest absolute Gasteiger partial charge is 0.224 e. The predicted octanol–water partition coefficient (Wildman–Crippen LogP) is 4.04. The van der Waals surface area contributed by atoms with E-state index in [4.69, 9.17) is 0 Å². The number of amides is 1. The van der Waals surface area contributed by atoms with Gasteiger partial charge in [-0.25, -0.2) is 4.39 Å². The number of benzene rings is 1. The van der Waals surface area contributed by atoms with Gasteiger partial charge in [-0.05, 0) is 37.8 Å². The van der Waals surface area contributed by atoms with Crippen molar-refractivity contribution in [2.45, 2.75) is 39.0 Å². The third kappa shape index (κ3) is 3.18. The SMILES string of the molecule is Cc1[nH]nc(-c2cccc(F)c2)c1NC(=O)CC1CCCC1. The number of aromatic amines is 1. The van der Waals surface area contributed by atoms with Crippen LogP contribution in [-0.4, -0.2) is 16.1 Å². The Morgan fingerprint density at radius 2 is 2.18 bits per heavy atom. The first-order chi connectivity index (χ1) is 10.6. The first-order valence-corrected chi connectivity index (χ1v) is 7.74. The fourth-order valence-corrected chi connectivity index (χ4v) is 3.09. The zero-order valence-electron chi connectivity index (χ0n) is 12.7. The van der Waals surface area contributed by atoms with E-state index in [1.54, 1.807) is 12.1 Å². The summed E-state index contributed by atoms with van der Waals surface area (Å²) in [7, 11) is 0. The maximum Gasteiger partial charge on any atom is 0.224 e. The molecule has 1 amide bonds. The fourth-order valence-electron chi connectivity index (χ4n) is 3.09. The molecule has 2 N–H and O–H groups in total. The second kappa shape index (κ2) is 6.30. The van der Waals surface area contributed by atoms with Crippen LogP contribution in [0.5, 0.6) is 0 Å². The van der Waals surface area contributed by atoms with Crippen molar-refractivity contribution < 1.29 is 9.18 Å². The van der Waals surface area contributed by atoms with Gasteiger partial charge in [-0.2, -0.15) is 5.10 Å². The number of nitrogens with one attached hydrogen (secondary N) is 2. The molecule has 2 aromatic rings. The van der Waals surface area contributed by atoms with E-state index in [2.05, 4.69) is 15.5 Å². The summed E-state index contributed by atoms with van der Waals surface area (Å²) in [5, 5.41) is 10.0. The lowest BCUT2D eigenvalue weighted by molar-refractivity contribution is -0.117. The molecule has 0 unspecified atom stereocenters. The number of hydrogen-bond donors (Lipinski definition) is 2. The van der Waals surface area contributed by atoms with Crippen LogP contribution >= 0.6 is 0 Å². The molecule has 1 saturated carbocycles. The molecule has 0 aliphatic heterocycles. The van der Waals surface area contributed by atoms with Crippen molar-refractivity contribution in [1.29, 1.82) is 0 Å². The molecule has 1 aliphatic rings. The molecule has 0 radical (unpaired) electrons. The minimum Gasteiger partial charge on any atom is -0.323 e. The van der Waals surface area contributed by atoms with Crippen LogP contribution in [0.3, 0.4) is 0 Å². The summed E-state index contributed by atoms with van der Waals surface area (Å²) in [6.45, 7) is 1.85. The Labute approximate surface area is 129 Å². The van der Waals surface area contributed by atoms with E-state index >= 15 is 0 Å². The quantitative estimate of drug-likeness (QED) is 0.895. The van der Waals surface area contributed by atoms with Crippen molar-refractivity contribution in [1.82, 2.24) is 10.2 Å². The third-order valence-corrected chi connectivity index (χ3v) is 4.26. The molecular weight excluding hydrogens is 281 g/mol. The Balaban J connectivity index is 1.78. The molecule has 0 saturated heterocycles. The Hall–Kier alpha value is -2.17. The lowest BCUT2D eigenvalue weighted by Crippen LogP contribution is -2.15. The number of carbonyl (C=O) groups is 1. The highest BCUT2D eigenvalue weighted by Gasteiger charge is 2.20. The maximum absolute atomic E-state index is 13.4. The lowest BCUT2D eigenvalue weighted by Gasteiger charge is -2.10. The summed E-state index contributed by atoms with van der Waals surface area (Å²) in [6, 6.07) is 6.23. The minimum absolute atomic E-state index is 0.00838. The number of carbonyl (C=O) groups excluding carboxylic acids is 1. The number of aryl methyl sites for hydroxylation is 1. The van der Waals surface area contributed by atoms with Gasteiger partial charge in [-0.15, -0.1) is 0 Å². The minimum atomic E-state index is -0.318. The van der Waals surface area contributed by atoms with Crippen LogP contribution in [0.2, 0.25) is 0 Å². The summed E-state index contributed by atoms with van der Waals surface area (Å²) >= 11 is 0. The van der Waals surface area contributed by atoms with Crippen molar-refractivity contribution >= 4 is 11.6 Å². The molecule has 1 aromatic carbocycles. The number of hydrogen-bond acceptors (Lipinski definition) is 2. The first-order valence-electron chi connectivity index (χ1n) is 7.74. The number of nitrogens with zero attached hydrogens (tertiary/aromatic N) is 1. The van der Waals surface area contributed by atoms with Crippen molar-refractivity contribution in [3.63, 3.8) is 0 Å². The molecule has 4 nitrogen and oxygen atoms in total. The van der Waals surface area contributed by atoms with Gasteiger partial charge in [-0.1, -0.05) is 25.0 Å². The predicted molar refractivity (Wildman–Crippen MR) is 83.9 cm³/mol. The molecule has 0 spiro atoms. The Morgan fingerprint density at radius 1 is 1.41 bits per heavy atom. The largest absolute Gasteiger partial charge is 0.323 e. The zero-order chi connectivity index (χ0) is 15.5. The molecule has 22 heavy (non-hydrogen) atoms. The number of halogens is 1. The van der Waals surface area contributed by atoms with E-state index in [9.17, 15) is 9.18 Å². The molecular formula is C17H20FN3O. The molecule has 1 aliphatic carbocycles. The molecule has 1 fully saturated rings. The van der Waals surface area contributed by atoms with Gasteiger partial charge >= 0.3 is 0 Å². The van der Waals surface area contributed by atoms with Crippen LogP contribution in [0.1, 0.15) is 37.8 Å². The molecule has 0 atom stereocenters. The van der Waals surface area contributed by atoms with Gasteiger partial charge in [0.15, 0.2) is 0 Å². The standard InChI is InChI=1S/C17H20FN3O/c1-11-16(19-15(22)9-12-5-2-3-6-12)17(21-20-11)13-7-4-8-14(18)10-13/h4,7-8,10,12H,2-3,5-6,9H2,1H3,(H,19,22)(H,20,21). The summed E-state index contributed by atoms with van der Waals surface area (Å²) in [6.07, 6.45) is 5.25. The Morgan fingerprint density at radius 3 is 2.91 bits per heavy atom. The molecule has 3 rings (SSSR count). The molecule has 1 aromatic heterocycles. The van der Waals surface area contributed by atoms with E-state index in [1.165, 1.54) is 25.0 Å². The van der Waals surface area contributed by atoms with Crippen LogP contribution in [0, 0.1) is 18.7 Å². The summed E-state index contributed by atoms with van der Waals surface area (Å²) in [5.74, 6) is 0.181. The summed E-state index contributed by atoms with van der Waals surface area (Å²) < 4.78 is 13.4. The number of aromatic nitrogens is 2. The van der Waals surface area contributed by atoms with Crippen LogP contribution < -0.4 is 5.32 Å². The lowest BCUT2D eigenvalue weighted by atomic mass is 10.0. The second-order valence-corrected chi connectivity index (χ2v) is 5.99. The van der Waals surface area contributed by atoms with Gasteiger partial charge in [0.1, 0.15) is 11.5 Å². The molecule has 0 bridgehead atoms. The second-order valence-electron chi connectivity index (χ2n) is 5.99. The molecule has 1 heterocycles. The van der Waals surface area contributed by atoms with E-state index in [-0.39, 0.29) is 11.7 Å². The number of rotatable bonds is 4. The van der Waals surface area contributed by atoms with Crippen molar-refractivity contribution in [3.8, 4) is 11.3 Å². The highest BCUT2D eigenvalue weighted by Crippen LogP contribution is 2.31. The fraction of sp³-hybridized carbons (Fsp3) is 0.412. The monoisotopic (exact) mass is 301 g/mol. The normalized spacial score (nSPS) is 15.2. The van der Waals surface area contributed by atoms with Crippen molar-refractivity contribution in [3.05, 3.63) is 35.8 Å². The van der Waals surface area contributed by atoms with Crippen LogP contribution in [0.25, 0.3) is 11.3 Å². The van der Waals surface area contributed by atoms with E-state index < -0.39 is 0 Å². The van der Waals surface area contributed by atoms with Crippen LogP contribution in [0.4, 0.5) is 10.1 Å². The zero-order valence-corrected chi connectivity index (χ0v) is 12.7. The number of H-pyrrole nitrogens is 1. The topological polar surface area (TPSA) is 57.8 Å². The van der Waals surface area contributed by atoms with E-state index in [1.807, 2.05) is 6.92 Å². The van der Waals surface area contributed by atoms with E-state index in [0.717, 1.165) is 18.5 Å². The first kappa shape index (κ1) is 14.8. The van der Waals surface area contributed by atoms with Gasteiger partial charge in [0.05, 0.1) is 11.4 Å². The van der Waals surface area contributed by atoms with Crippen LogP contribution in [-0.2, 0) is 4.79 Å². The Bertz CT molecular complexity index is 674. The molecule has 116 valence electrons. The van der Waals surface area contributed by atoms with Gasteiger partial charge in [0, 0.05) is 12.0 Å². The average Bonchev–Trinajstić information content (AvgIpc) is 3.10. The van der Waals surface area contributed by atoms with Gasteiger partial charge in [0.25, 0.3) is 0 Å². The van der Waals surface area contributed by atoms with E-state index in [0.29, 0.717) is 29.3 Å². The van der Waals surface area contributed by atoms with Gasteiger partial charge in [-0.3, -0.25) is 9.89 Å². The van der Waals surface area contributed by atoms with Gasteiger partial charge < -0.3 is 5.32 Å². The maximum atomic E-state index is 13.4. The molecule has 5 heteroatoms. The van der Waals surface area contributed by atoms with Gasteiger partial charge in [0.2, 0.25) is 5.91 Å². The van der Waals surface area contributed by atoms with Crippen molar-refractivity contribution in [2.24, 2.45) is 5.92 Å². The number of anilines is 1. The van der Waals surface area contributed by atoms with Crippen LogP contribution in [0.15, 0.2) is 24.3 Å². The highest BCUT2D eigenvalue weighted by molar-refractivity contribution is 5.95. The van der Waals surface area contributed by atoms with Crippen molar-refractivity contribution in [2.75, 3.05) is 5.32 Å². The highest BCUT2D eigenvalue weighted by atomic mass is 19.1. The average molecular weight is 301 g/mol.